The van der Waals surface area contributed by atoms with Crippen LogP contribution in [0.15, 0.2) is 24.8 Å². The quantitative estimate of drug-likeness (QED) is 0.468. The Morgan fingerprint density at radius 2 is 2.17 bits per heavy atom. The number of nitrogens with two attached hydrogens (primary N) is 1. The van der Waals surface area contributed by atoms with Crippen molar-refractivity contribution in [2.24, 2.45) is 0 Å². The molecule has 0 aromatic heterocycles. The van der Waals surface area contributed by atoms with Gasteiger partial charge in [0.05, 0.1) is 38.4 Å². The molecule has 2 rings (SSSR count). The monoisotopic (exact) mass is 356 g/mol. The van der Waals surface area contributed by atoms with E-state index in [1.807, 2.05) is 12.1 Å². The number of benzene rings is 1. The van der Waals surface area contributed by atoms with Crippen LogP contribution in [-0.2, 0) is 11.3 Å². The Morgan fingerprint density at radius 1 is 1.38 bits per heavy atom. The van der Waals surface area contributed by atoms with E-state index in [2.05, 4.69) is 11.9 Å². The summed E-state index contributed by atoms with van der Waals surface area (Å²) in [6.45, 7) is 11.3. The predicted molar refractivity (Wildman–Crippen MR) is 95.2 cm³/mol. The molecule has 0 bridgehead atoms. The third-order valence-electron chi connectivity index (χ3n) is 4.15. The van der Waals surface area contributed by atoms with Crippen LogP contribution < -0.4 is 19.7 Å². The van der Waals surface area contributed by atoms with Crippen molar-refractivity contribution < 1.29 is 24.4 Å². The smallest absolute Gasteiger partial charge is 0.180 e. The lowest BCUT2D eigenvalue weighted by Gasteiger charge is -2.23. The maximum absolute atomic E-state index is 6.32. The number of quaternary nitrogens is 2. The van der Waals surface area contributed by atoms with E-state index in [-0.39, 0.29) is 0 Å². The fraction of sp³-hybridized carbons (Fsp3) is 0.556. The van der Waals surface area contributed by atoms with E-state index in [0.29, 0.717) is 23.1 Å². The number of morpholine rings is 1. The highest BCUT2D eigenvalue weighted by Crippen LogP contribution is 2.36. The topological polar surface area (TPSA) is 48.7 Å². The molecule has 0 radical (unpaired) electrons. The van der Waals surface area contributed by atoms with Gasteiger partial charge in [-0.1, -0.05) is 24.3 Å². The first kappa shape index (κ1) is 19.1. The Morgan fingerprint density at radius 3 is 2.88 bits per heavy atom. The molecule has 0 aliphatic carbocycles. The zero-order chi connectivity index (χ0) is 17.2. The molecule has 3 N–H and O–H groups in total. The molecule has 0 saturated carbocycles. The molecule has 1 aromatic rings. The molecular weight excluding hydrogens is 328 g/mol. The number of rotatable bonds is 10. The lowest BCUT2D eigenvalue weighted by molar-refractivity contribution is -0.909. The van der Waals surface area contributed by atoms with Gasteiger partial charge in [0.15, 0.2) is 11.5 Å². The number of hydrogen-bond acceptors (Lipinski definition) is 3. The highest BCUT2D eigenvalue weighted by molar-refractivity contribution is 6.32. The minimum absolute atomic E-state index is 0.408. The van der Waals surface area contributed by atoms with Crippen molar-refractivity contribution in [2.75, 3.05) is 53.1 Å². The van der Waals surface area contributed by atoms with Crippen LogP contribution >= 0.6 is 11.6 Å². The van der Waals surface area contributed by atoms with Gasteiger partial charge in [0, 0.05) is 12.0 Å². The lowest BCUT2D eigenvalue weighted by Crippen LogP contribution is -3.14. The Bertz CT molecular complexity index is 519. The second-order valence-electron chi connectivity index (χ2n) is 5.96. The van der Waals surface area contributed by atoms with E-state index in [4.69, 9.17) is 25.8 Å². The second-order valence-corrected chi connectivity index (χ2v) is 6.36. The number of nitrogens with one attached hydrogen (secondary N) is 1. The second kappa shape index (κ2) is 10.6. The van der Waals surface area contributed by atoms with Crippen molar-refractivity contribution in [1.82, 2.24) is 0 Å². The van der Waals surface area contributed by atoms with Gasteiger partial charge in [-0.15, -0.1) is 0 Å². The molecule has 0 spiro atoms. The molecule has 1 heterocycles. The Kier molecular flexibility index (Phi) is 8.39. The fourth-order valence-corrected chi connectivity index (χ4v) is 3.14. The van der Waals surface area contributed by atoms with Gasteiger partial charge in [-0.2, -0.15) is 0 Å². The van der Waals surface area contributed by atoms with Crippen molar-refractivity contribution in [3.63, 3.8) is 0 Å². The third kappa shape index (κ3) is 5.98. The van der Waals surface area contributed by atoms with Crippen LogP contribution in [0.4, 0.5) is 0 Å². The van der Waals surface area contributed by atoms with E-state index in [1.54, 1.807) is 18.1 Å². The summed E-state index contributed by atoms with van der Waals surface area (Å²) in [6, 6.07) is 3.94. The number of hydrogen-bond donors (Lipinski definition) is 2. The normalized spacial score (nSPS) is 15.2. The molecule has 0 atom stereocenters. The van der Waals surface area contributed by atoms with E-state index in [9.17, 15) is 0 Å². The van der Waals surface area contributed by atoms with Gasteiger partial charge < -0.3 is 24.4 Å². The summed E-state index contributed by atoms with van der Waals surface area (Å²) >= 11 is 6.32. The van der Waals surface area contributed by atoms with Crippen LogP contribution in [0, 0.1) is 0 Å². The zero-order valence-corrected chi connectivity index (χ0v) is 15.2. The average molecular weight is 357 g/mol. The molecular formula is C18H29ClN2O3+2. The van der Waals surface area contributed by atoms with Gasteiger partial charge in [0.1, 0.15) is 26.2 Å². The molecule has 1 fully saturated rings. The van der Waals surface area contributed by atoms with E-state index >= 15 is 0 Å². The van der Waals surface area contributed by atoms with E-state index in [1.165, 1.54) is 13.0 Å². The number of halogens is 1. The van der Waals surface area contributed by atoms with Crippen LogP contribution in [-0.4, -0.2) is 53.1 Å². The molecule has 1 aliphatic heterocycles. The fourth-order valence-electron chi connectivity index (χ4n) is 2.85. The summed E-state index contributed by atoms with van der Waals surface area (Å²) in [7, 11) is 1.63. The van der Waals surface area contributed by atoms with Crippen LogP contribution in [0.3, 0.4) is 0 Å². The molecule has 134 valence electrons. The SMILES string of the molecule is C=CCOc1c(Cl)cc(C[NH2+]CCC[NH+]2CCOCC2)cc1OC. The van der Waals surface area contributed by atoms with Gasteiger partial charge in [-0.05, 0) is 12.1 Å². The number of ether oxygens (including phenoxy) is 3. The lowest BCUT2D eigenvalue weighted by atomic mass is 10.2. The summed E-state index contributed by atoms with van der Waals surface area (Å²) in [5, 5.41) is 2.90. The molecule has 24 heavy (non-hydrogen) atoms. The molecule has 1 saturated heterocycles. The molecule has 1 aromatic carbocycles. The van der Waals surface area contributed by atoms with Gasteiger partial charge in [-0.25, -0.2) is 0 Å². The van der Waals surface area contributed by atoms with E-state index in [0.717, 1.165) is 45.0 Å². The summed E-state index contributed by atoms with van der Waals surface area (Å²) < 4.78 is 16.4. The van der Waals surface area contributed by atoms with Crippen LogP contribution in [0.5, 0.6) is 11.5 Å². The summed E-state index contributed by atoms with van der Waals surface area (Å²) in [6.07, 6.45) is 2.90. The van der Waals surface area contributed by atoms with Crippen LogP contribution in [0.25, 0.3) is 0 Å². The Hall–Kier alpha value is -1.27. The van der Waals surface area contributed by atoms with Crippen molar-refractivity contribution >= 4 is 11.6 Å². The maximum Gasteiger partial charge on any atom is 0.180 e. The first-order valence-electron chi connectivity index (χ1n) is 8.57. The summed E-state index contributed by atoms with van der Waals surface area (Å²) in [5.41, 5.74) is 1.14. The van der Waals surface area contributed by atoms with Gasteiger partial charge >= 0.3 is 0 Å². The molecule has 0 unspecified atom stereocenters. The number of methoxy groups -OCH3 is 1. The molecule has 0 amide bonds. The average Bonchev–Trinajstić information content (AvgIpc) is 2.61. The third-order valence-corrected chi connectivity index (χ3v) is 4.43. The van der Waals surface area contributed by atoms with Crippen LogP contribution in [0.2, 0.25) is 5.02 Å². The predicted octanol–water partition coefficient (Wildman–Crippen LogP) is 0.282. The minimum Gasteiger partial charge on any atom is -0.493 e. The van der Waals surface area contributed by atoms with Gasteiger partial charge in [-0.3, -0.25) is 0 Å². The van der Waals surface area contributed by atoms with Crippen LogP contribution in [0.1, 0.15) is 12.0 Å². The van der Waals surface area contributed by atoms with Crippen molar-refractivity contribution in [1.29, 1.82) is 0 Å². The Balaban J connectivity index is 1.77. The van der Waals surface area contributed by atoms with Crippen molar-refractivity contribution in [2.45, 2.75) is 13.0 Å². The summed E-state index contributed by atoms with van der Waals surface area (Å²) in [4.78, 5) is 1.66. The first-order chi connectivity index (χ1) is 11.7. The minimum atomic E-state index is 0.408. The molecule has 1 aliphatic rings. The van der Waals surface area contributed by atoms with Gasteiger partial charge in [0.25, 0.3) is 0 Å². The molecule has 5 nitrogen and oxygen atoms in total. The molecule has 6 heteroatoms. The van der Waals surface area contributed by atoms with Crippen molar-refractivity contribution in [3.05, 3.63) is 35.4 Å². The van der Waals surface area contributed by atoms with Gasteiger partial charge in [0.2, 0.25) is 0 Å². The maximum atomic E-state index is 6.32. The van der Waals surface area contributed by atoms with Crippen molar-refractivity contribution in [3.8, 4) is 11.5 Å². The zero-order valence-electron chi connectivity index (χ0n) is 14.5. The Labute approximate surface area is 149 Å². The largest absolute Gasteiger partial charge is 0.493 e. The summed E-state index contributed by atoms with van der Waals surface area (Å²) in [5.74, 6) is 1.25. The highest BCUT2D eigenvalue weighted by atomic mass is 35.5. The highest BCUT2D eigenvalue weighted by Gasteiger charge is 2.14. The van der Waals surface area contributed by atoms with E-state index < -0.39 is 0 Å². The standard InChI is InChI=1S/C18H27ClN2O3/c1-3-9-24-18-16(19)12-15(13-17(18)22-2)14-20-5-4-6-21-7-10-23-11-8-21/h3,12-13,20H,1,4-11,14H2,2H3/p+2. The first-order valence-corrected chi connectivity index (χ1v) is 8.95.